The summed E-state index contributed by atoms with van der Waals surface area (Å²) >= 11 is 5.91. The second-order valence-corrected chi connectivity index (χ2v) is 7.68. The molecular formula is C14H16ClFN2O5S. The lowest BCUT2D eigenvalue weighted by Gasteiger charge is -2.32. The lowest BCUT2D eigenvalue weighted by Crippen LogP contribution is -2.48. The van der Waals surface area contributed by atoms with Crippen LogP contribution in [-0.4, -0.2) is 42.3 Å². The van der Waals surface area contributed by atoms with E-state index in [4.69, 9.17) is 11.6 Å². The Morgan fingerprint density at radius 2 is 2.04 bits per heavy atom. The zero-order valence-corrected chi connectivity index (χ0v) is 14.3. The molecule has 1 heterocycles. The summed E-state index contributed by atoms with van der Waals surface area (Å²) in [5, 5.41) is 11.3. The van der Waals surface area contributed by atoms with Gasteiger partial charge in [-0.3, -0.25) is 9.59 Å². The minimum atomic E-state index is -4.37. The number of hydrogen-bond donors (Lipinski definition) is 2. The molecule has 1 aliphatic rings. The molecule has 1 aromatic carbocycles. The van der Waals surface area contributed by atoms with Gasteiger partial charge in [0.05, 0.1) is 10.7 Å². The van der Waals surface area contributed by atoms with Crippen molar-refractivity contribution in [2.75, 3.05) is 11.9 Å². The second kappa shape index (κ2) is 7.04. The maximum absolute atomic E-state index is 14.3. The van der Waals surface area contributed by atoms with Crippen molar-refractivity contribution in [3.8, 4) is 0 Å². The van der Waals surface area contributed by atoms with E-state index in [1.54, 1.807) is 0 Å². The summed E-state index contributed by atoms with van der Waals surface area (Å²) in [5.74, 6) is -2.88. The van der Waals surface area contributed by atoms with Crippen LogP contribution in [-0.2, 0) is 19.6 Å². The Bertz CT molecular complexity index is 784. The first kappa shape index (κ1) is 18.6. The van der Waals surface area contributed by atoms with Gasteiger partial charge in [0.25, 0.3) is 0 Å². The average molecular weight is 379 g/mol. The van der Waals surface area contributed by atoms with E-state index in [2.05, 4.69) is 5.32 Å². The Hall–Kier alpha value is -1.71. The van der Waals surface area contributed by atoms with E-state index in [0.29, 0.717) is 12.8 Å². The van der Waals surface area contributed by atoms with Gasteiger partial charge in [0, 0.05) is 19.5 Å². The van der Waals surface area contributed by atoms with Gasteiger partial charge in [-0.25, -0.2) is 12.8 Å². The number of halogens is 2. The van der Waals surface area contributed by atoms with Crippen molar-refractivity contribution in [1.82, 2.24) is 4.31 Å². The summed E-state index contributed by atoms with van der Waals surface area (Å²) in [4.78, 5) is 21.6. The molecule has 0 saturated carbocycles. The summed E-state index contributed by atoms with van der Waals surface area (Å²) in [6, 6.07) is 0.443. The van der Waals surface area contributed by atoms with E-state index >= 15 is 0 Å². The third-order valence-electron chi connectivity index (χ3n) is 3.66. The second-order valence-electron chi connectivity index (χ2n) is 5.41. The van der Waals surface area contributed by atoms with E-state index in [1.807, 2.05) is 0 Å². The lowest BCUT2D eigenvalue weighted by molar-refractivity contribution is -0.142. The number of aliphatic carboxylic acids is 1. The Morgan fingerprint density at radius 3 is 2.62 bits per heavy atom. The number of nitrogens with zero attached hydrogens (tertiary/aromatic N) is 1. The molecule has 1 aliphatic heterocycles. The first-order chi connectivity index (χ1) is 11.1. The van der Waals surface area contributed by atoms with Gasteiger partial charge in [-0.1, -0.05) is 11.6 Å². The van der Waals surface area contributed by atoms with Crippen LogP contribution in [0.4, 0.5) is 10.1 Å². The number of carboxylic acid groups (broad SMARTS) is 1. The normalized spacial score (nSPS) is 19.0. The monoisotopic (exact) mass is 378 g/mol. The van der Waals surface area contributed by atoms with Crippen molar-refractivity contribution in [2.45, 2.75) is 37.1 Å². The molecule has 0 bridgehead atoms. The van der Waals surface area contributed by atoms with Gasteiger partial charge >= 0.3 is 5.97 Å². The predicted octanol–water partition coefficient (Wildman–Crippen LogP) is 2.07. The number of piperidine rings is 1. The van der Waals surface area contributed by atoms with Gasteiger partial charge in [0.1, 0.15) is 16.8 Å². The molecule has 0 radical (unpaired) electrons. The molecule has 1 aromatic rings. The zero-order valence-electron chi connectivity index (χ0n) is 12.8. The highest BCUT2D eigenvalue weighted by molar-refractivity contribution is 7.89. The third kappa shape index (κ3) is 3.68. The quantitative estimate of drug-likeness (QED) is 0.834. The number of carbonyl (C=O) groups is 2. The van der Waals surface area contributed by atoms with Crippen LogP contribution in [0.3, 0.4) is 0 Å². The molecular weight excluding hydrogens is 363 g/mol. The summed E-state index contributed by atoms with van der Waals surface area (Å²) in [6.45, 7) is 1.19. The Morgan fingerprint density at radius 1 is 1.38 bits per heavy atom. The minimum Gasteiger partial charge on any atom is -0.480 e. The topological polar surface area (TPSA) is 104 Å². The van der Waals surface area contributed by atoms with Crippen LogP contribution in [0.2, 0.25) is 5.02 Å². The molecule has 1 saturated heterocycles. The van der Waals surface area contributed by atoms with Crippen LogP contribution in [0.15, 0.2) is 17.0 Å². The van der Waals surface area contributed by atoms with Crippen molar-refractivity contribution < 1.29 is 27.5 Å². The zero-order chi connectivity index (χ0) is 18.1. The first-order valence-electron chi connectivity index (χ1n) is 7.16. The molecule has 7 nitrogen and oxygen atoms in total. The number of benzene rings is 1. The number of amides is 1. The number of carboxylic acids is 1. The highest BCUT2D eigenvalue weighted by atomic mass is 35.5. The number of rotatable bonds is 4. The molecule has 1 atom stereocenters. The molecule has 0 aliphatic carbocycles. The van der Waals surface area contributed by atoms with Crippen molar-refractivity contribution in [2.24, 2.45) is 0 Å². The lowest BCUT2D eigenvalue weighted by atomic mass is 10.1. The molecule has 1 unspecified atom stereocenters. The van der Waals surface area contributed by atoms with Gasteiger partial charge in [0.15, 0.2) is 0 Å². The van der Waals surface area contributed by atoms with Gasteiger partial charge in [-0.05, 0) is 25.3 Å². The van der Waals surface area contributed by atoms with E-state index in [0.717, 1.165) is 16.4 Å². The van der Waals surface area contributed by atoms with Crippen LogP contribution < -0.4 is 5.32 Å². The highest BCUT2D eigenvalue weighted by Crippen LogP contribution is 2.32. The molecule has 1 amide bonds. The van der Waals surface area contributed by atoms with Crippen LogP contribution in [0.1, 0.15) is 26.2 Å². The van der Waals surface area contributed by atoms with Crippen molar-refractivity contribution in [1.29, 1.82) is 0 Å². The van der Waals surface area contributed by atoms with Crippen molar-refractivity contribution in [3.63, 3.8) is 0 Å². The fourth-order valence-corrected chi connectivity index (χ4v) is 4.58. The van der Waals surface area contributed by atoms with Crippen molar-refractivity contribution in [3.05, 3.63) is 23.0 Å². The maximum Gasteiger partial charge on any atom is 0.322 e. The molecule has 1 fully saturated rings. The molecule has 2 N–H and O–H groups in total. The van der Waals surface area contributed by atoms with Gasteiger partial charge in [-0.2, -0.15) is 4.31 Å². The van der Waals surface area contributed by atoms with Gasteiger partial charge in [-0.15, -0.1) is 0 Å². The number of carbonyl (C=O) groups excluding carboxylic acids is 1. The maximum atomic E-state index is 14.3. The van der Waals surface area contributed by atoms with Gasteiger partial charge in [0.2, 0.25) is 15.9 Å². The summed E-state index contributed by atoms with van der Waals surface area (Å²) < 4.78 is 40.5. The van der Waals surface area contributed by atoms with Crippen LogP contribution in [0, 0.1) is 5.82 Å². The van der Waals surface area contributed by atoms with E-state index in [1.165, 1.54) is 6.92 Å². The molecule has 0 spiro atoms. The Kier molecular flexibility index (Phi) is 5.46. The molecule has 0 aromatic heterocycles. The van der Waals surface area contributed by atoms with E-state index in [9.17, 15) is 27.5 Å². The minimum absolute atomic E-state index is 0.0101. The standard InChI is InChI=1S/C14H16ClFN2O5S/c1-8(19)17-11-7-10(16)13(6-9(11)15)24(22,23)18-5-3-2-4-12(18)14(20)21/h6-7,12H,2-5H2,1H3,(H,17,19)(H,20,21). The average Bonchev–Trinajstić information content (AvgIpc) is 2.49. The highest BCUT2D eigenvalue weighted by Gasteiger charge is 2.39. The number of nitrogens with one attached hydrogen (secondary N) is 1. The number of anilines is 1. The first-order valence-corrected chi connectivity index (χ1v) is 8.97. The fourth-order valence-electron chi connectivity index (χ4n) is 2.58. The molecule has 2 rings (SSSR count). The largest absolute Gasteiger partial charge is 0.480 e. The molecule has 24 heavy (non-hydrogen) atoms. The van der Waals surface area contributed by atoms with Gasteiger partial charge < -0.3 is 10.4 Å². The Balaban J connectivity index is 2.47. The van der Waals surface area contributed by atoms with Crippen LogP contribution >= 0.6 is 11.6 Å². The summed E-state index contributed by atoms with van der Waals surface area (Å²) in [7, 11) is -4.37. The molecule has 132 valence electrons. The summed E-state index contributed by atoms with van der Waals surface area (Å²) in [5.41, 5.74) is -0.0611. The number of sulfonamides is 1. The van der Waals surface area contributed by atoms with Crippen LogP contribution in [0.5, 0.6) is 0 Å². The Labute approximate surface area is 143 Å². The van der Waals surface area contributed by atoms with E-state index in [-0.39, 0.29) is 23.7 Å². The van der Waals surface area contributed by atoms with Crippen LogP contribution in [0.25, 0.3) is 0 Å². The van der Waals surface area contributed by atoms with E-state index < -0.39 is 38.7 Å². The predicted molar refractivity (Wildman–Crippen MR) is 84.9 cm³/mol. The number of hydrogen-bond acceptors (Lipinski definition) is 4. The molecule has 10 heteroatoms. The van der Waals surface area contributed by atoms with Crippen molar-refractivity contribution >= 4 is 39.2 Å². The third-order valence-corrected chi connectivity index (χ3v) is 5.89. The SMILES string of the molecule is CC(=O)Nc1cc(F)c(S(=O)(=O)N2CCCCC2C(=O)O)cc1Cl. The summed E-state index contributed by atoms with van der Waals surface area (Å²) in [6.07, 6.45) is 1.23. The smallest absolute Gasteiger partial charge is 0.322 e. The fraction of sp³-hybridized carbons (Fsp3) is 0.429.